The van der Waals surface area contributed by atoms with Crippen LogP contribution >= 0.6 is 0 Å². The van der Waals surface area contributed by atoms with Gasteiger partial charge in [-0.2, -0.15) is 5.10 Å². The fraction of sp³-hybridized carbons (Fsp3) is 0.545. The van der Waals surface area contributed by atoms with E-state index in [0.29, 0.717) is 12.1 Å². The molecule has 0 spiro atoms. The van der Waals surface area contributed by atoms with Crippen molar-refractivity contribution in [1.29, 1.82) is 0 Å². The third-order valence-corrected chi connectivity index (χ3v) is 2.28. The lowest BCUT2D eigenvalue weighted by atomic mass is 10.1. The minimum atomic E-state index is -0.238. The Morgan fingerprint density at radius 1 is 1.50 bits per heavy atom. The molecule has 1 amide bonds. The number of amides is 1. The van der Waals surface area contributed by atoms with E-state index in [9.17, 15) is 9.59 Å². The topological polar surface area (TPSA) is 74.8 Å². The van der Waals surface area contributed by atoms with Crippen molar-refractivity contribution in [3.8, 4) is 0 Å². The monoisotopic (exact) mass is 223 g/mol. The molecule has 2 N–H and O–H groups in total. The fourth-order valence-corrected chi connectivity index (χ4v) is 1.43. The van der Waals surface area contributed by atoms with E-state index in [2.05, 4.69) is 15.5 Å². The first-order valence-electron chi connectivity index (χ1n) is 5.52. The van der Waals surface area contributed by atoms with Gasteiger partial charge in [-0.25, -0.2) is 5.10 Å². The van der Waals surface area contributed by atoms with E-state index >= 15 is 0 Å². The van der Waals surface area contributed by atoms with Crippen molar-refractivity contribution in [2.24, 2.45) is 0 Å². The molecule has 1 unspecified atom stereocenters. The highest BCUT2D eigenvalue weighted by Crippen LogP contribution is 2.12. The molecular weight excluding hydrogens is 206 g/mol. The van der Waals surface area contributed by atoms with Crippen LogP contribution < -0.4 is 10.9 Å². The summed E-state index contributed by atoms with van der Waals surface area (Å²) >= 11 is 0. The Labute approximate surface area is 94.3 Å². The van der Waals surface area contributed by atoms with E-state index in [-0.39, 0.29) is 17.5 Å². The maximum atomic E-state index is 11.4. The first kappa shape index (κ1) is 12.4. The minimum absolute atomic E-state index is 0.0161. The second-order valence-corrected chi connectivity index (χ2v) is 3.62. The molecule has 5 heteroatoms. The Bertz CT molecular complexity index is 380. The van der Waals surface area contributed by atoms with Crippen molar-refractivity contribution in [3.05, 3.63) is 28.2 Å². The largest absolute Gasteiger partial charge is 0.348 e. The predicted octanol–water partition coefficient (Wildman–Crippen LogP) is 1.14. The molecule has 0 aliphatic rings. The van der Waals surface area contributed by atoms with Gasteiger partial charge in [0.15, 0.2) is 0 Å². The van der Waals surface area contributed by atoms with Gasteiger partial charge < -0.3 is 5.32 Å². The van der Waals surface area contributed by atoms with Crippen molar-refractivity contribution in [3.63, 3.8) is 0 Å². The number of rotatable bonds is 5. The average Bonchev–Trinajstić information content (AvgIpc) is 2.27. The van der Waals surface area contributed by atoms with Crippen LogP contribution in [-0.4, -0.2) is 16.1 Å². The Hall–Kier alpha value is -1.65. The molecular formula is C11H17N3O2. The van der Waals surface area contributed by atoms with Gasteiger partial charge in [0.05, 0.1) is 11.7 Å². The van der Waals surface area contributed by atoms with E-state index in [4.69, 9.17) is 0 Å². The lowest BCUT2D eigenvalue weighted by Crippen LogP contribution is -2.29. The highest BCUT2D eigenvalue weighted by Gasteiger charge is 2.13. The summed E-state index contributed by atoms with van der Waals surface area (Å²) < 4.78 is 0. The maximum absolute atomic E-state index is 11.4. The molecule has 0 aromatic carbocycles. The molecule has 1 aromatic rings. The number of carbonyl (C=O) groups is 1. The predicted molar refractivity (Wildman–Crippen MR) is 60.9 cm³/mol. The summed E-state index contributed by atoms with van der Waals surface area (Å²) in [5, 5.41) is 9.15. The molecule has 0 aliphatic carbocycles. The number of nitrogens with zero attached hydrogens (tertiary/aromatic N) is 1. The molecule has 1 atom stereocenters. The number of aromatic amines is 1. The number of nitrogens with one attached hydrogen (secondary N) is 2. The lowest BCUT2D eigenvalue weighted by Gasteiger charge is -2.15. The normalized spacial score (nSPS) is 12.1. The molecule has 5 nitrogen and oxygen atoms in total. The Balaban J connectivity index is 2.70. The zero-order chi connectivity index (χ0) is 12.0. The zero-order valence-electron chi connectivity index (χ0n) is 9.62. The standard InChI is InChI=1S/C11H17N3O2/c1-3-5-10(15)12-8(4-2)9-6-7-11(16)14-13-9/h6-8H,3-5H2,1-2H3,(H,12,15)(H,14,16). The molecule has 0 fully saturated rings. The van der Waals surface area contributed by atoms with Gasteiger partial charge in [-0.1, -0.05) is 13.8 Å². The van der Waals surface area contributed by atoms with Crippen LogP contribution in [0.3, 0.4) is 0 Å². The quantitative estimate of drug-likeness (QED) is 0.786. The number of carbonyl (C=O) groups excluding carboxylic acids is 1. The molecule has 0 saturated heterocycles. The minimum Gasteiger partial charge on any atom is -0.348 e. The molecule has 1 aromatic heterocycles. The van der Waals surface area contributed by atoms with E-state index in [1.807, 2.05) is 13.8 Å². The molecule has 16 heavy (non-hydrogen) atoms. The lowest BCUT2D eigenvalue weighted by molar-refractivity contribution is -0.121. The molecule has 0 aliphatic heterocycles. The Morgan fingerprint density at radius 2 is 2.25 bits per heavy atom. The summed E-state index contributed by atoms with van der Waals surface area (Å²) in [5.74, 6) is 0.0161. The fourth-order valence-electron chi connectivity index (χ4n) is 1.43. The van der Waals surface area contributed by atoms with Crippen LogP contribution in [0.15, 0.2) is 16.9 Å². The van der Waals surface area contributed by atoms with Gasteiger partial charge in [0.2, 0.25) is 5.91 Å². The molecule has 0 radical (unpaired) electrons. The molecule has 88 valence electrons. The van der Waals surface area contributed by atoms with Crippen molar-refractivity contribution < 1.29 is 4.79 Å². The first-order valence-corrected chi connectivity index (χ1v) is 5.52. The molecule has 1 rings (SSSR count). The highest BCUT2D eigenvalue weighted by atomic mass is 16.1. The summed E-state index contributed by atoms with van der Waals surface area (Å²) in [6.45, 7) is 3.92. The van der Waals surface area contributed by atoms with Gasteiger partial charge >= 0.3 is 0 Å². The van der Waals surface area contributed by atoms with E-state index in [0.717, 1.165) is 12.8 Å². The van der Waals surface area contributed by atoms with Crippen LogP contribution in [-0.2, 0) is 4.79 Å². The second-order valence-electron chi connectivity index (χ2n) is 3.62. The van der Waals surface area contributed by atoms with Crippen LogP contribution in [0.1, 0.15) is 44.8 Å². The first-order chi connectivity index (χ1) is 7.67. The van der Waals surface area contributed by atoms with Crippen LogP contribution in [0.4, 0.5) is 0 Å². The summed E-state index contributed by atoms with van der Waals surface area (Å²) in [6, 6.07) is 2.92. The summed E-state index contributed by atoms with van der Waals surface area (Å²) in [4.78, 5) is 22.3. The number of hydrogen-bond acceptors (Lipinski definition) is 3. The van der Waals surface area contributed by atoms with Gasteiger partial charge in [0, 0.05) is 12.5 Å². The number of aromatic nitrogens is 2. The number of H-pyrrole nitrogens is 1. The van der Waals surface area contributed by atoms with Crippen LogP contribution in [0, 0.1) is 0 Å². The van der Waals surface area contributed by atoms with Crippen LogP contribution in [0.25, 0.3) is 0 Å². The number of hydrogen-bond donors (Lipinski definition) is 2. The van der Waals surface area contributed by atoms with Crippen molar-refractivity contribution in [2.75, 3.05) is 0 Å². The Kier molecular flexibility index (Phi) is 4.69. The Morgan fingerprint density at radius 3 is 2.75 bits per heavy atom. The van der Waals surface area contributed by atoms with Gasteiger partial charge in [-0.3, -0.25) is 9.59 Å². The third kappa shape index (κ3) is 3.49. The second kappa shape index (κ2) is 6.05. The molecule has 0 saturated carbocycles. The van der Waals surface area contributed by atoms with E-state index in [1.165, 1.54) is 6.07 Å². The van der Waals surface area contributed by atoms with Gasteiger partial charge in [-0.05, 0) is 18.9 Å². The maximum Gasteiger partial charge on any atom is 0.264 e. The van der Waals surface area contributed by atoms with Crippen molar-refractivity contribution in [2.45, 2.75) is 39.2 Å². The highest BCUT2D eigenvalue weighted by molar-refractivity contribution is 5.76. The van der Waals surface area contributed by atoms with Crippen LogP contribution in [0.5, 0.6) is 0 Å². The van der Waals surface area contributed by atoms with Crippen LogP contribution in [0.2, 0.25) is 0 Å². The van der Waals surface area contributed by atoms with Crippen molar-refractivity contribution in [1.82, 2.24) is 15.5 Å². The zero-order valence-corrected chi connectivity index (χ0v) is 9.62. The van der Waals surface area contributed by atoms with Gasteiger partial charge in [0.25, 0.3) is 5.56 Å². The summed E-state index contributed by atoms with van der Waals surface area (Å²) in [7, 11) is 0. The van der Waals surface area contributed by atoms with E-state index in [1.54, 1.807) is 6.07 Å². The summed E-state index contributed by atoms with van der Waals surface area (Å²) in [6.07, 6.45) is 2.08. The SMILES string of the molecule is CCCC(=O)NC(CC)c1ccc(=O)[nH]n1. The smallest absolute Gasteiger partial charge is 0.264 e. The molecule has 1 heterocycles. The molecule has 0 bridgehead atoms. The average molecular weight is 223 g/mol. The van der Waals surface area contributed by atoms with Gasteiger partial charge in [0.1, 0.15) is 0 Å². The van der Waals surface area contributed by atoms with E-state index < -0.39 is 0 Å². The van der Waals surface area contributed by atoms with Gasteiger partial charge in [-0.15, -0.1) is 0 Å². The van der Waals surface area contributed by atoms with Crippen molar-refractivity contribution >= 4 is 5.91 Å². The summed E-state index contributed by atoms with van der Waals surface area (Å²) in [5.41, 5.74) is 0.449. The third-order valence-electron chi connectivity index (χ3n) is 2.28.